The Labute approximate surface area is 150 Å². The molecule has 0 amide bonds. The van der Waals surface area contributed by atoms with Crippen LogP contribution in [0.1, 0.15) is 72.1 Å². The van der Waals surface area contributed by atoms with E-state index >= 15 is 0 Å². The van der Waals surface area contributed by atoms with Crippen molar-refractivity contribution in [1.82, 2.24) is 0 Å². The molecule has 0 unspecified atom stereocenters. The largest absolute Gasteiger partial charge is 0.356 e. The fourth-order valence-corrected chi connectivity index (χ4v) is 7.84. The van der Waals surface area contributed by atoms with Gasteiger partial charge in [-0.05, 0) is 81.1 Å². The second-order valence-electron chi connectivity index (χ2n) is 9.92. The summed E-state index contributed by atoms with van der Waals surface area (Å²) in [6, 6.07) is 0. The van der Waals surface area contributed by atoms with Crippen molar-refractivity contribution in [1.29, 1.82) is 0 Å². The zero-order valence-electron chi connectivity index (χ0n) is 15.8. The normalized spacial score (nSPS) is 54.4. The number of ketones is 2. The van der Waals surface area contributed by atoms with Crippen LogP contribution >= 0.6 is 0 Å². The monoisotopic (exact) mass is 342 g/mol. The van der Waals surface area contributed by atoms with Crippen LogP contribution in [0.4, 0.5) is 0 Å². The summed E-state index contributed by atoms with van der Waals surface area (Å²) in [4.78, 5) is 24.7. The second-order valence-corrected chi connectivity index (χ2v) is 9.92. The summed E-state index contributed by atoms with van der Waals surface area (Å²) in [5, 5.41) is 0. The number of Topliss-reactive ketones (excluding diaryl/α,β-unsaturated/α-hetero) is 1. The number of carbonyl (C=O) groups is 2. The van der Waals surface area contributed by atoms with Crippen molar-refractivity contribution in [3.05, 3.63) is 11.6 Å². The quantitative estimate of drug-likeness (QED) is 0.661. The molecule has 4 aliphatic carbocycles. The van der Waals surface area contributed by atoms with Gasteiger partial charge >= 0.3 is 0 Å². The molecule has 5 rings (SSSR count). The molecular weight excluding hydrogens is 312 g/mol. The molecule has 0 aromatic heterocycles. The van der Waals surface area contributed by atoms with Crippen LogP contribution in [0.3, 0.4) is 0 Å². The van der Waals surface area contributed by atoms with Gasteiger partial charge in [-0.1, -0.05) is 19.4 Å². The van der Waals surface area contributed by atoms with Crippen LogP contribution < -0.4 is 0 Å². The first-order valence-corrected chi connectivity index (χ1v) is 10.3. The van der Waals surface area contributed by atoms with E-state index in [0.29, 0.717) is 35.7 Å². The van der Waals surface area contributed by atoms with Gasteiger partial charge in [-0.2, -0.15) is 0 Å². The van der Waals surface area contributed by atoms with Crippen LogP contribution in [0.2, 0.25) is 0 Å². The molecule has 7 atom stereocenters. The predicted molar refractivity (Wildman–Crippen MR) is 95.0 cm³/mol. The molecule has 5 aliphatic rings. The lowest BCUT2D eigenvalue weighted by Crippen LogP contribution is -2.68. The van der Waals surface area contributed by atoms with E-state index in [-0.39, 0.29) is 16.9 Å². The van der Waals surface area contributed by atoms with E-state index in [1.165, 1.54) is 18.4 Å². The standard InChI is InChI=1S/C22H30O3/c1-13-19(24)22(25-13)11-8-18-16-5-4-14-12-15(23)6-9-20(14,2)17(16)7-10-21(18,22)3/h12-13,16-18H,4-11H2,1-3H3/t13-,16-,17+,18+,20+,21+,22-/m1/s1. The van der Waals surface area contributed by atoms with Gasteiger partial charge in [0.2, 0.25) is 0 Å². The summed E-state index contributed by atoms with van der Waals surface area (Å²) in [6.45, 7) is 6.68. The molecule has 0 aromatic rings. The highest BCUT2D eigenvalue weighted by molar-refractivity contribution is 5.97. The molecule has 25 heavy (non-hydrogen) atoms. The Hall–Kier alpha value is -0.960. The van der Waals surface area contributed by atoms with Crippen molar-refractivity contribution in [2.75, 3.05) is 0 Å². The first-order valence-electron chi connectivity index (χ1n) is 10.3. The molecule has 136 valence electrons. The van der Waals surface area contributed by atoms with Crippen LogP contribution in [0.5, 0.6) is 0 Å². The van der Waals surface area contributed by atoms with Gasteiger partial charge in [0.25, 0.3) is 0 Å². The summed E-state index contributed by atoms with van der Waals surface area (Å²) in [5.74, 6) is 2.68. The van der Waals surface area contributed by atoms with Crippen molar-refractivity contribution >= 4 is 11.6 Å². The van der Waals surface area contributed by atoms with E-state index in [9.17, 15) is 9.59 Å². The minimum Gasteiger partial charge on any atom is -0.356 e. The molecule has 1 spiro atoms. The van der Waals surface area contributed by atoms with Gasteiger partial charge in [0.15, 0.2) is 11.6 Å². The van der Waals surface area contributed by atoms with Gasteiger partial charge < -0.3 is 4.74 Å². The SMILES string of the molecule is C[C@H]1O[C@]2(CC[C@H]3[C@@H]4CCC5=CC(=O)CC[C@]5(C)[C@H]4CC[C@@]32C)C1=O. The number of allylic oxidation sites excluding steroid dienone is 1. The van der Waals surface area contributed by atoms with Gasteiger partial charge in [-0.3, -0.25) is 9.59 Å². The fraction of sp³-hybridized carbons (Fsp3) is 0.818. The lowest BCUT2D eigenvalue weighted by molar-refractivity contribution is -0.235. The molecule has 0 aromatic carbocycles. The molecule has 0 N–H and O–H groups in total. The summed E-state index contributed by atoms with van der Waals surface area (Å²) >= 11 is 0. The van der Waals surface area contributed by atoms with Gasteiger partial charge in [-0.15, -0.1) is 0 Å². The van der Waals surface area contributed by atoms with Crippen LogP contribution in [-0.2, 0) is 14.3 Å². The minimum absolute atomic E-state index is 0.0276. The van der Waals surface area contributed by atoms with Crippen molar-refractivity contribution in [2.24, 2.45) is 28.6 Å². The number of fused-ring (bicyclic) bond motifs is 6. The zero-order valence-corrected chi connectivity index (χ0v) is 15.8. The highest BCUT2D eigenvalue weighted by Crippen LogP contribution is 2.70. The number of ether oxygens (including phenoxy) is 1. The maximum Gasteiger partial charge on any atom is 0.193 e. The first-order chi connectivity index (χ1) is 11.8. The Balaban J connectivity index is 1.49. The summed E-state index contributed by atoms with van der Waals surface area (Å²) < 4.78 is 6.19. The van der Waals surface area contributed by atoms with Gasteiger partial charge in [0.1, 0.15) is 11.7 Å². The predicted octanol–water partition coefficient (Wildman–Crippen LogP) is 4.24. The van der Waals surface area contributed by atoms with E-state index in [4.69, 9.17) is 4.74 Å². The molecule has 3 nitrogen and oxygen atoms in total. The van der Waals surface area contributed by atoms with Crippen LogP contribution in [0.25, 0.3) is 0 Å². The summed E-state index contributed by atoms with van der Waals surface area (Å²) in [6.07, 6.45) is 10.2. The lowest BCUT2D eigenvalue weighted by Gasteiger charge is -2.61. The zero-order chi connectivity index (χ0) is 17.6. The Morgan fingerprint density at radius 2 is 1.76 bits per heavy atom. The van der Waals surface area contributed by atoms with E-state index in [2.05, 4.69) is 13.8 Å². The molecular formula is C22H30O3. The van der Waals surface area contributed by atoms with Crippen LogP contribution in [0.15, 0.2) is 11.6 Å². The number of rotatable bonds is 0. The number of hydrogen-bond acceptors (Lipinski definition) is 3. The molecule has 3 saturated carbocycles. The van der Waals surface area contributed by atoms with Gasteiger partial charge in [0.05, 0.1) is 0 Å². The van der Waals surface area contributed by atoms with Crippen molar-refractivity contribution in [3.63, 3.8) is 0 Å². The van der Waals surface area contributed by atoms with Crippen LogP contribution in [0, 0.1) is 28.6 Å². The topological polar surface area (TPSA) is 43.4 Å². The van der Waals surface area contributed by atoms with E-state index < -0.39 is 5.60 Å². The second kappa shape index (κ2) is 4.85. The van der Waals surface area contributed by atoms with Gasteiger partial charge in [0, 0.05) is 11.8 Å². The maximum atomic E-state index is 12.8. The third kappa shape index (κ3) is 1.76. The minimum atomic E-state index is -0.471. The summed E-state index contributed by atoms with van der Waals surface area (Å²) in [5.41, 5.74) is 1.19. The molecule has 1 heterocycles. The van der Waals surface area contributed by atoms with E-state index in [1.807, 2.05) is 13.0 Å². The molecule has 3 heteroatoms. The third-order valence-corrected chi connectivity index (χ3v) is 9.23. The van der Waals surface area contributed by atoms with Crippen molar-refractivity contribution < 1.29 is 14.3 Å². The van der Waals surface area contributed by atoms with E-state index in [1.54, 1.807) is 0 Å². The molecule has 0 radical (unpaired) electrons. The molecule has 0 bridgehead atoms. The average Bonchev–Trinajstić information content (AvgIpc) is 2.90. The maximum absolute atomic E-state index is 12.8. The van der Waals surface area contributed by atoms with E-state index in [0.717, 1.165) is 32.1 Å². The average molecular weight is 342 g/mol. The number of carbonyl (C=O) groups excluding carboxylic acids is 2. The van der Waals surface area contributed by atoms with Crippen LogP contribution in [-0.4, -0.2) is 23.3 Å². The Morgan fingerprint density at radius 3 is 2.48 bits per heavy atom. The van der Waals surface area contributed by atoms with Crippen molar-refractivity contribution in [3.8, 4) is 0 Å². The smallest absolute Gasteiger partial charge is 0.193 e. The Bertz CT molecular complexity index is 693. The Morgan fingerprint density at radius 1 is 1.00 bits per heavy atom. The third-order valence-electron chi connectivity index (χ3n) is 9.23. The fourth-order valence-electron chi connectivity index (χ4n) is 7.84. The number of hydrogen-bond donors (Lipinski definition) is 0. The highest BCUT2D eigenvalue weighted by Gasteiger charge is 2.71. The highest BCUT2D eigenvalue weighted by atomic mass is 16.6. The molecule has 4 fully saturated rings. The first kappa shape index (κ1) is 16.2. The molecule has 1 saturated heterocycles. The molecule has 1 aliphatic heterocycles. The Kier molecular flexibility index (Phi) is 3.15. The van der Waals surface area contributed by atoms with Crippen molar-refractivity contribution in [2.45, 2.75) is 83.8 Å². The lowest BCUT2D eigenvalue weighted by atomic mass is 9.46. The summed E-state index contributed by atoms with van der Waals surface area (Å²) in [7, 11) is 0. The van der Waals surface area contributed by atoms with Gasteiger partial charge in [-0.25, -0.2) is 0 Å².